The lowest BCUT2D eigenvalue weighted by atomic mass is 9.80. The van der Waals surface area contributed by atoms with E-state index in [0.717, 1.165) is 18.0 Å². The molecular weight excluding hydrogens is 220 g/mol. The lowest BCUT2D eigenvalue weighted by molar-refractivity contribution is 0.0727. The zero-order chi connectivity index (χ0) is 13.0. The molecule has 2 bridgehead atoms. The molecule has 4 fully saturated rings. The minimum Gasteiger partial charge on any atom is -0.306 e. The molecule has 18 heavy (non-hydrogen) atoms. The lowest BCUT2D eigenvalue weighted by Gasteiger charge is -2.43. The molecule has 0 amide bonds. The largest absolute Gasteiger partial charge is 0.306 e. The van der Waals surface area contributed by atoms with Crippen LogP contribution in [0, 0.1) is 5.92 Å². The molecule has 0 unspecified atom stereocenters. The third-order valence-electron chi connectivity index (χ3n) is 5.29. The van der Waals surface area contributed by atoms with Gasteiger partial charge in [0.05, 0.1) is 0 Å². The van der Waals surface area contributed by atoms with Crippen LogP contribution >= 0.6 is 0 Å². The normalized spacial score (nSPS) is 33.3. The van der Waals surface area contributed by atoms with Crippen LogP contribution in [0.5, 0.6) is 0 Å². The fourth-order valence-electron chi connectivity index (χ4n) is 3.92. The van der Waals surface area contributed by atoms with Gasteiger partial charge < -0.3 is 9.80 Å². The van der Waals surface area contributed by atoms with Gasteiger partial charge in [0.25, 0.3) is 0 Å². The van der Waals surface area contributed by atoms with E-state index in [2.05, 4.69) is 30.9 Å². The Hall–Kier alpha value is -0.0800. The van der Waals surface area contributed by atoms with E-state index in [4.69, 9.17) is 0 Å². The molecule has 4 aliphatic rings. The van der Waals surface area contributed by atoms with Crippen molar-refractivity contribution in [1.82, 2.24) is 9.80 Å². The Bertz CT molecular complexity index is 223. The van der Waals surface area contributed by atoms with Gasteiger partial charge in [-0.25, -0.2) is 0 Å². The van der Waals surface area contributed by atoms with E-state index in [0.29, 0.717) is 0 Å². The summed E-state index contributed by atoms with van der Waals surface area (Å²) in [6.45, 7) is 1.38. The molecule has 0 atom stereocenters. The second-order valence-electron chi connectivity index (χ2n) is 6.87. The van der Waals surface area contributed by atoms with Crippen molar-refractivity contribution < 1.29 is 0 Å². The SMILES string of the molecule is CN(C)C1CCCCC1.CN1CC2CCC1CC2. The van der Waals surface area contributed by atoms with E-state index >= 15 is 0 Å². The minimum absolute atomic E-state index is 0.888. The third kappa shape index (κ3) is 3.96. The van der Waals surface area contributed by atoms with Gasteiger partial charge in [-0.05, 0) is 65.6 Å². The molecule has 0 spiro atoms. The van der Waals surface area contributed by atoms with Gasteiger partial charge in [0.2, 0.25) is 0 Å². The summed E-state index contributed by atoms with van der Waals surface area (Å²) >= 11 is 0. The first-order valence-electron chi connectivity index (χ1n) is 8.03. The lowest BCUT2D eigenvalue weighted by Crippen LogP contribution is -2.45. The Labute approximate surface area is 114 Å². The summed E-state index contributed by atoms with van der Waals surface area (Å²) in [5.41, 5.74) is 0. The molecular formula is C16H32N2. The van der Waals surface area contributed by atoms with Crippen molar-refractivity contribution in [1.29, 1.82) is 0 Å². The van der Waals surface area contributed by atoms with Crippen LogP contribution in [0.25, 0.3) is 0 Å². The maximum absolute atomic E-state index is 2.54. The smallest absolute Gasteiger partial charge is 0.00925 e. The Kier molecular flexibility index (Phi) is 5.50. The number of rotatable bonds is 1. The number of nitrogens with zero attached hydrogens (tertiary/aromatic N) is 2. The van der Waals surface area contributed by atoms with Crippen LogP contribution in [0.3, 0.4) is 0 Å². The zero-order valence-corrected chi connectivity index (χ0v) is 12.7. The molecule has 0 aromatic carbocycles. The van der Waals surface area contributed by atoms with Crippen LogP contribution in [-0.2, 0) is 0 Å². The average molecular weight is 252 g/mol. The molecule has 0 aromatic rings. The van der Waals surface area contributed by atoms with E-state index in [1.54, 1.807) is 0 Å². The Morgan fingerprint density at radius 2 is 1.44 bits per heavy atom. The van der Waals surface area contributed by atoms with Crippen molar-refractivity contribution in [3.05, 3.63) is 0 Å². The Morgan fingerprint density at radius 3 is 1.72 bits per heavy atom. The second-order valence-corrected chi connectivity index (χ2v) is 6.87. The molecule has 2 aliphatic heterocycles. The molecule has 2 aliphatic carbocycles. The summed E-state index contributed by atoms with van der Waals surface area (Å²) < 4.78 is 0. The van der Waals surface area contributed by atoms with E-state index < -0.39 is 0 Å². The summed E-state index contributed by atoms with van der Waals surface area (Å²) in [6, 6.07) is 1.84. The summed E-state index contributed by atoms with van der Waals surface area (Å²) in [5, 5.41) is 0. The summed E-state index contributed by atoms with van der Waals surface area (Å²) in [6.07, 6.45) is 13.2. The fourth-order valence-corrected chi connectivity index (χ4v) is 3.92. The summed E-state index contributed by atoms with van der Waals surface area (Å²) in [7, 11) is 6.65. The number of piperidine rings is 2. The quantitative estimate of drug-likeness (QED) is 0.706. The summed E-state index contributed by atoms with van der Waals surface area (Å²) in [5.74, 6) is 1.06. The van der Waals surface area contributed by atoms with E-state index in [9.17, 15) is 0 Å². The fraction of sp³-hybridized carbons (Fsp3) is 1.00. The maximum atomic E-state index is 2.54. The van der Waals surface area contributed by atoms with Crippen LogP contribution in [-0.4, -0.2) is 49.6 Å². The van der Waals surface area contributed by atoms with E-state index in [1.807, 2.05) is 0 Å². The topological polar surface area (TPSA) is 6.48 Å². The van der Waals surface area contributed by atoms with Gasteiger partial charge in [-0.3, -0.25) is 0 Å². The monoisotopic (exact) mass is 252 g/mol. The van der Waals surface area contributed by atoms with E-state index in [-0.39, 0.29) is 0 Å². The molecule has 4 rings (SSSR count). The van der Waals surface area contributed by atoms with E-state index in [1.165, 1.54) is 64.3 Å². The molecule has 2 nitrogen and oxygen atoms in total. The highest BCUT2D eigenvalue weighted by Gasteiger charge is 2.30. The predicted molar refractivity (Wildman–Crippen MR) is 78.9 cm³/mol. The van der Waals surface area contributed by atoms with Crippen LogP contribution in [0.2, 0.25) is 0 Å². The number of hydrogen-bond donors (Lipinski definition) is 0. The van der Waals surface area contributed by atoms with Gasteiger partial charge in [-0.1, -0.05) is 19.3 Å². The van der Waals surface area contributed by atoms with Crippen molar-refractivity contribution >= 4 is 0 Å². The van der Waals surface area contributed by atoms with Crippen molar-refractivity contribution in [3.8, 4) is 0 Å². The predicted octanol–water partition coefficient (Wildman–Crippen LogP) is 3.37. The van der Waals surface area contributed by atoms with Gasteiger partial charge in [0, 0.05) is 18.6 Å². The highest BCUT2D eigenvalue weighted by Crippen LogP contribution is 2.33. The van der Waals surface area contributed by atoms with Gasteiger partial charge >= 0.3 is 0 Å². The molecule has 2 heterocycles. The summed E-state index contributed by atoms with van der Waals surface area (Å²) in [4.78, 5) is 4.90. The van der Waals surface area contributed by atoms with Crippen molar-refractivity contribution in [3.63, 3.8) is 0 Å². The average Bonchev–Trinajstić information content (AvgIpc) is 2.41. The first-order chi connectivity index (χ1) is 8.66. The standard InChI is InChI=1S/C8H15N.C8H17N/c1-9-6-7-2-4-8(9)5-3-7;1-9(2)8-6-4-3-5-7-8/h7-8H,2-6H2,1H3;8H,3-7H2,1-2H3. The van der Waals surface area contributed by atoms with Gasteiger partial charge in [-0.15, -0.1) is 0 Å². The number of hydrogen-bond acceptors (Lipinski definition) is 2. The second kappa shape index (κ2) is 6.91. The zero-order valence-electron chi connectivity index (χ0n) is 12.7. The molecule has 2 heteroatoms. The Morgan fingerprint density at radius 1 is 0.833 bits per heavy atom. The molecule has 2 saturated carbocycles. The number of fused-ring (bicyclic) bond motifs is 3. The van der Waals surface area contributed by atoms with Crippen LogP contribution < -0.4 is 0 Å². The minimum atomic E-state index is 0.888. The molecule has 0 aromatic heterocycles. The Balaban J connectivity index is 0.000000134. The van der Waals surface area contributed by atoms with Crippen LogP contribution in [0.1, 0.15) is 57.8 Å². The highest BCUT2D eigenvalue weighted by atomic mass is 15.1. The van der Waals surface area contributed by atoms with Gasteiger partial charge in [0.1, 0.15) is 0 Å². The highest BCUT2D eigenvalue weighted by molar-refractivity contribution is 4.85. The van der Waals surface area contributed by atoms with Gasteiger partial charge in [0.15, 0.2) is 0 Å². The van der Waals surface area contributed by atoms with Crippen LogP contribution in [0.4, 0.5) is 0 Å². The van der Waals surface area contributed by atoms with Crippen molar-refractivity contribution in [2.24, 2.45) is 5.92 Å². The first-order valence-corrected chi connectivity index (χ1v) is 8.03. The molecule has 0 N–H and O–H groups in total. The van der Waals surface area contributed by atoms with Crippen molar-refractivity contribution in [2.45, 2.75) is 69.9 Å². The third-order valence-corrected chi connectivity index (χ3v) is 5.29. The first kappa shape index (κ1) is 14.3. The molecule has 106 valence electrons. The van der Waals surface area contributed by atoms with Crippen LogP contribution in [0.15, 0.2) is 0 Å². The maximum Gasteiger partial charge on any atom is 0.00925 e. The van der Waals surface area contributed by atoms with Crippen molar-refractivity contribution in [2.75, 3.05) is 27.7 Å². The molecule has 2 saturated heterocycles. The molecule has 0 radical (unpaired) electrons. The van der Waals surface area contributed by atoms with Gasteiger partial charge in [-0.2, -0.15) is 0 Å².